The van der Waals surface area contributed by atoms with Crippen LogP contribution in [0.4, 0.5) is 11.5 Å². The highest BCUT2D eigenvalue weighted by atomic mass is 32.2. The van der Waals surface area contributed by atoms with Gasteiger partial charge in [-0.1, -0.05) is 11.6 Å². The normalized spacial score (nSPS) is 18.2. The van der Waals surface area contributed by atoms with Crippen molar-refractivity contribution in [1.82, 2.24) is 19.5 Å². The molecule has 0 saturated carbocycles. The Morgan fingerprint density at radius 1 is 1.11 bits per heavy atom. The van der Waals surface area contributed by atoms with Gasteiger partial charge in [0.25, 0.3) is 5.91 Å². The summed E-state index contributed by atoms with van der Waals surface area (Å²) in [5.41, 5.74) is 5.60. The van der Waals surface area contributed by atoms with Crippen LogP contribution in [0.2, 0.25) is 0 Å². The summed E-state index contributed by atoms with van der Waals surface area (Å²) in [4.78, 5) is 22.8. The van der Waals surface area contributed by atoms with Crippen LogP contribution in [0.1, 0.15) is 71.0 Å². The van der Waals surface area contributed by atoms with E-state index in [1.807, 2.05) is 36.5 Å². The molecule has 1 amide bonds. The molecule has 1 aliphatic heterocycles. The van der Waals surface area contributed by atoms with E-state index in [1.165, 1.54) is 5.56 Å². The van der Waals surface area contributed by atoms with Crippen LogP contribution in [0.5, 0.6) is 0 Å². The van der Waals surface area contributed by atoms with Gasteiger partial charge in [0, 0.05) is 38.0 Å². The van der Waals surface area contributed by atoms with Gasteiger partial charge in [-0.25, -0.2) is 13.4 Å². The smallest absolute Gasteiger partial charge is 0.256 e. The van der Waals surface area contributed by atoms with Crippen molar-refractivity contribution in [2.24, 2.45) is 0 Å². The van der Waals surface area contributed by atoms with Crippen LogP contribution in [0.3, 0.4) is 0 Å². The third-order valence-corrected chi connectivity index (χ3v) is 7.69. The van der Waals surface area contributed by atoms with E-state index in [0.717, 1.165) is 79.6 Å². The average Bonchev–Trinajstić information content (AvgIpc) is 3.25. The summed E-state index contributed by atoms with van der Waals surface area (Å²) in [5.74, 6) is 0.875. The van der Waals surface area contributed by atoms with E-state index < -0.39 is 10.0 Å². The molecule has 36 heavy (non-hydrogen) atoms. The number of nitrogens with one attached hydrogen (secondary N) is 1. The number of piperidine rings is 1. The highest BCUT2D eigenvalue weighted by molar-refractivity contribution is 7.92. The van der Waals surface area contributed by atoms with Crippen molar-refractivity contribution in [2.75, 3.05) is 36.5 Å². The zero-order valence-corrected chi connectivity index (χ0v) is 22.2. The van der Waals surface area contributed by atoms with Crippen LogP contribution in [0, 0.1) is 6.92 Å². The van der Waals surface area contributed by atoms with E-state index in [9.17, 15) is 13.2 Å². The maximum Gasteiger partial charge on any atom is 0.256 e. The monoisotopic (exact) mass is 510 g/mol. The van der Waals surface area contributed by atoms with Crippen LogP contribution in [0.15, 0.2) is 24.3 Å². The Bertz CT molecular complexity index is 1430. The molecule has 1 aromatic carbocycles. The fraction of sp³-hybridized carbons (Fsp3) is 0.500. The van der Waals surface area contributed by atoms with Gasteiger partial charge in [-0.15, -0.1) is 0 Å². The minimum absolute atomic E-state index is 0.188. The number of sulfonamides is 1. The summed E-state index contributed by atoms with van der Waals surface area (Å²) in [5, 5.41) is 5.00. The molecule has 1 saturated heterocycles. The second-order valence-electron chi connectivity index (χ2n) is 10.2. The lowest BCUT2D eigenvalue weighted by Gasteiger charge is -2.35. The van der Waals surface area contributed by atoms with E-state index >= 15 is 0 Å². The van der Waals surface area contributed by atoms with Crippen molar-refractivity contribution in [1.29, 1.82) is 0 Å². The highest BCUT2D eigenvalue weighted by Gasteiger charge is 2.33. The zero-order valence-electron chi connectivity index (χ0n) is 21.4. The molecular weight excluding hydrogens is 476 g/mol. The second kappa shape index (κ2) is 9.38. The number of benzene rings is 1. The summed E-state index contributed by atoms with van der Waals surface area (Å²) >= 11 is 0. The molecule has 1 aliphatic carbocycles. The van der Waals surface area contributed by atoms with Gasteiger partial charge in [0.15, 0.2) is 5.65 Å². The molecule has 1 fully saturated rings. The lowest BCUT2D eigenvalue weighted by molar-refractivity contribution is 0.0606. The predicted molar refractivity (Wildman–Crippen MR) is 141 cm³/mol. The standard InChI is InChI=1S/C26H34N6O3S/c1-17-12-13-21(29-36(4,34)35)19(15-17)26(33)31-14-8-7-11-23(31)22-16-24-27-20-10-6-5-9-18(20)25(30(2)3)32(24)28-22/h12-13,15-16,23,29H,5-11,14H2,1-4H3. The molecule has 1 N–H and O–H groups in total. The highest BCUT2D eigenvalue weighted by Crippen LogP contribution is 2.35. The first-order chi connectivity index (χ1) is 17.1. The van der Waals surface area contributed by atoms with Crippen molar-refractivity contribution in [2.45, 2.75) is 57.9 Å². The van der Waals surface area contributed by atoms with E-state index in [-0.39, 0.29) is 11.9 Å². The van der Waals surface area contributed by atoms with Crippen molar-refractivity contribution in [3.8, 4) is 0 Å². The molecule has 0 spiro atoms. The van der Waals surface area contributed by atoms with Crippen LogP contribution < -0.4 is 9.62 Å². The minimum Gasteiger partial charge on any atom is -0.362 e. The number of hydrogen-bond acceptors (Lipinski definition) is 6. The molecule has 5 rings (SSSR count). The number of rotatable bonds is 5. The number of amides is 1. The lowest BCUT2D eigenvalue weighted by Crippen LogP contribution is -2.39. The molecule has 192 valence electrons. The zero-order chi connectivity index (χ0) is 25.6. The van der Waals surface area contributed by atoms with Crippen molar-refractivity contribution >= 4 is 33.1 Å². The first-order valence-electron chi connectivity index (χ1n) is 12.6. The van der Waals surface area contributed by atoms with Gasteiger partial charge in [0.05, 0.1) is 29.2 Å². The number of anilines is 2. The molecule has 2 aromatic heterocycles. The molecule has 9 nitrogen and oxygen atoms in total. The first kappa shape index (κ1) is 24.5. The van der Waals surface area contributed by atoms with Gasteiger partial charge < -0.3 is 9.80 Å². The number of aromatic nitrogens is 3. The van der Waals surface area contributed by atoms with Crippen molar-refractivity contribution in [3.05, 3.63) is 52.3 Å². The lowest BCUT2D eigenvalue weighted by atomic mass is 9.96. The SMILES string of the molecule is Cc1ccc(NS(C)(=O)=O)c(C(=O)N2CCCCC2c2cc3nc4c(c(N(C)C)n3n2)CCCC4)c1. The van der Waals surface area contributed by atoms with Crippen molar-refractivity contribution < 1.29 is 13.2 Å². The van der Waals surface area contributed by atoms with E-state index in [4.69, 9.17) is 10.1 Å². The molecule has 2 aliphatic rings. The Hall–Kier alpha value is -3.14. The van der Waals surface area contributed by atoms with Crippen molar-refractivity contribution in [3.63, 3.8) is 0 Å². The molecule has 1 atom stereocenters. The maximum absolute atomic E-state index is 13.9. The number of nitrogens with zero attached hydrogens (tertiary/aromatic N) is 5. The largest absolute Gasteiger partial charge is 0.362 e. The number of carbonyl (C=O) groups excluding carboxylic acids is 1. The quantitative estimate of drug-likeness (QED) is 0.562. The fourth-order valence-corrected chi connectivity index (χ4v) is 6.10. The first-order valence-corrected chi connectivity index (χ1v) is 14.5. The number of fused-ring (bicyclic) bond motifs is 2. The van der Waals surface area contributed by atoms with Crippen LogP contribution in [-0.2, 0) is 22.9 Å². The molecule has 0 radical (unpaired) electrons. The molecule has 3 aromatic rings. The molecule has 3 heterocycles. The number of hydrogen-bond donors (Lipinski definition) is 1. The van der Waals surface area contributed by atoms with Gasteiger partial charge >= 0.3 is 0 Å². The van der Waals surface area contributed by atoms with Gasteiger partial charge in [0.2, 0.25) is 10.0 Å². The molecular formula is C26H34N6O3S. The third-order valence-electron chi connectivity index (χ3n) is 7.10. The topological polar surface area (TPSA) is 99.9 Å². The van der Waals surface area contributed by atoms with Crippen LogP contribution >= 0.6 is 0 Å². The summed E-state index contributed by atoms with van der Waals surface area (Å²) in [6.07, 6.45) is 8.06. The number of likely N-dealkylation sites (tertiary alicyclic amines) is 1. The summed E-state index contributed by atoms with van der Waals surface area (Å²) < 4.78 is 28.4. The Balaban J connectivity index is 1.57. The predicted octanol–water partition coefficient (Wildman–Crippen LogP) is 3.72. The van der Waals surface area contributed by atoms with E-state index in [1.54, 1.807) is 18.2 Å². The number of carbonyl (C=O) groups is 1. The van der Waals surface area contributed by atoms with Crippen LogP contribution in [0.25, 0.3) is 5.65 Å². The minimum atomic E-state index is -3.53. The molecule has 1 unspecified atom stereocenters. The Morgan fingerprint density at radius 3 is 2.64 bits per heavy atom. The summed E-state index contributed by atoms with van der Waals surface area (Å²) in [6, 6.07) is 7.03. The van der Waals surface area contributed by atoms with E-state index in [2.05, 4.69) is 9.62 Å². The fourth-order valence-electron chi connectivity index (χ4n) is 5.53. The van der Waals surface area contributed by atoms with Gasteiger partial charge in [-0.05, 0) is 64.0 Å². The molecule has 0 bridgehead atoms. The second-order valence-corrected chi connectivity index (χ2v) is 12.0. The maximum atomic E-state index is 13.9. The van der Waals surface area contributed by atoms with Gasteiger partial charge in [-0.2, -0.15) is 9.61 Å². The Labute approximate surface area is 212 Å². The van der Waals surface area contributed by atoms with E-state index in [0.29, 0.717) is 17.8 Å². The average molecular weight is 511 g/mol. The summed E-state index contributed by atoms with van der Waals surface area (Å²) in [6.45, 7) is 2.49. The summed E-state index contributed by atoms with van der Waals surface area (Å²) in [7, 11) is 0.544. The Morgan fingerprint density at radius 2 is 1.89 bits per heavy atom. The van der Waals surface area contributed by atoms with Gasteiger partial charge in [-0.3, -0.25) is 9.52 Å². The Kier molecular flexibility index (Phi) is 6.40. The third kappa shape index (κ3) is 4.66. The number of aryl methyl sites for hydroxylation is 2. The molecule has 10 heteroatoms. The van der Waals surface area contributed by atoms with Crippen LogP contribution in [-0.4, -0.2) is 60.7 Å². The van der Waals surface area contributed by atoms with Gasteiger partial charge in [0.1, 0.15) is 5.82 Å².